The number of piperidine rings is 1. The molecule has 2 atom stereocenters. The zero-order chi connectivity index (χ0) is 17.1. The summed E-state index contributed by atoms with van der Waals surface area (Å²) < 4.78 is 5.47. The Morgan fingerprint density at radius 3 is 3.04 bits per heavy atom. The van der Waals surface area contributed by atoms with Gasteiger partial charge in [0, 0.05) is 24.4 Å². The van der Waals surface area contributed by atoms with Gasteiger partial charge in [-0.2, -0.15) is 4.98 Å². The van der Waals surface area contributed by atoms with E-state index in [2.05, 4.69) is 22.0 Å². The van der Waals surface area contributed by atoms with Gasteiger partial charge < -0.3 is 9.42 Å². The van der Waals surface area contributed by atoms with Crippen molar-refractivity contribution >= 4 is 17.2 Å². The number of thiazole rings is 1. The number of carbonyl (C=O) groups excluding carboxylic acids is 1. The first kappa shape index (κ1) is 17.1. The lowest BCUT2D eigenvalue weighted by Gasteiger charge is -2.32. The van der Waals surface area contributed by atoms with E-state index in [1.54, 1.807) is 11.3 Å². The van der Waals surface area contributed by atoms with Crippen molar-refractivity contribution < 1.29 is 9.32 Å². The molecule has 7 heteroatoms. The average molecular weight is 348 g/mol. The Bertz CT molecular complexity index is 696. The molecule has 2 aromatic heterocycles. The molecule has 0 aliphatic carbocycles. The number of rotatable bonds is 5. The van der Waals surface area contributed by atoms with E-state index in [1.807, 2.05) is 24.1 Å². The maximum atomic E-state index is 12.4. The van der Waals surface area contributed by atoms with Crippen LogP contribution in [0.2, 0.25) is 0 Å². The highest BCUT2D eigenvalue weighted by Crippen LogP contribution is 2.27. The second-order valence-corrected chi connectivity index (χ2v) is 7.58. The fourth-order valence-electron chi connectivity index (χ4n) is 3.02. The standard InChI is InChI=1S/C17H24N4O2S/c1-4-11(2)17(22)21-7-5-6-13(9-21)16-19-15(20-23-16)8-14-10-24-12(3)18-14/h10-11,13H,4-9H2,1-3H3/t11-,13+/m1/s1. The van der Waals surface area contributed by atoms with Crippen molar-refractivity contribution in [3.63, 3.8) is 0 Å². The number of nitrogens with zero attached hydrogens (tertiary/aromatic N) is 4. The van der Waals surface area contributed by atoms with Gasteiger partial charge in [-0.05, 0) is 26.2 Å². The van der Waals surface area contributed by atoms with Crippen molar-refractivity contribution in [3.8, 4) is 0 Å². The summed E-state index contributed by atoms with van der Waals surface area (Å²) in [4.78, 5) is 23.3. The van der Waals surface area contributed by atoms with Gasteiger partial charge in [-0.15, -0.1) is 11.3 Å². The van der Waals surface area contributed by atoms with Crippen LogP contribution >= 0.6 is 11.3 Å². The fraction of sp³-hybridized carbons (Fsp3) is 0.647. The van der Waals surface area contributed by atoms with E-state index in [0.29, 0.717) is 24.7 Å². The molecule has 0 N–H and O–H groups in total. The second-order valence-electron chi connectivity index (χ2n) is 6.52. The Labute approximate surface area is 146 Å². The van der Waals surface area contributed by atoms with Crippen molar-refractivity contribution in [2.75, 3.05) is 13.1 Å². The minimum absolute atomic E-state index is 0.0786. The number of hydrogen-bond donors (Lipinski definition) is 0. The summed E-state index contributed by atoms with van der Waals surface area (Å²) >= 11 is 1.63. The van der Waals surface area contributed by atoms with Crippen molar-refractivity contribution in [3.05, 3.63) is 27.8 Å². The van der Waals surface area contributed by atoms with Gasteiger partial charge in [0.1, 0.15) is 0 Å². The summed E-state index contributed by atoms with van der Waals surface area (Å²) in [6.45, 7) is 7.54. The number of hydrogen-bond acceptors (Lipinski definition) is 6. The van der Waals surface area contributed by atoms with Crippen LogP contribution in [0.25, 0.3) is 0 Å². The third-order valence-corrected chi connectivity index (χ3v) is 5.43. The molecule has 1 aliphatic heterocycles. The van der Waals surface area contributed by atoms with Crippen LogP contribution in [0.15, 0.2) is 9.90 Å². The predicted molar refractivity (Wildman–Crippen MR) is 92.0 cm³/mol. The van der Waals surface area contributed by atoms with E-state index >= 15 is 0 Å². The summed E-state index contributed by atoms with van der Waals surface area (Å²) in [6, 6.07) is 0. The molecule has 1 saturated heterocycles. The second kappa shape index (κ2) is 7.42. The quantitative estimate of drug-likeness (QED) is 0.830. The van der Waals surface area contributed by atoms with Gasteiger partial charge in [-0.25, -0.2) is 4.98 Å². The van der Waals surface area contributed by atoms with Crippen molar-refractivity contribution in [2.24, 2.45) is 5.92 Å². The molecule has 1 amide bonds. The number of carbonyl (C=O) groups is 1. The maximum absolute atomic E-state index is 12.4. The lowest BCUT2D eigenvalue weighted by molar-refractivity contribution is -0.136. The lowest BCUT2D eigenvalue weighted by atomic mass is 9.96. The third-order valence-electron chi connectivity index (χ3n) is 4.61. The van der Waals surface area contributed by atoms with Gasteiger partial charge >= 0.3 is 0 Å². The Morgan fingerprint density at radius 1 is 1.50 bits per heavy atom. The van der Waals surface area contributed by atoms with E-state index < -0.39 is 0 Å². The van der Waals surface area contributed by atoms with E-state index in [0.717, 1.165) is 36.5 Å². The van der Waals surface area contributed by atoms with Crippen molar-refractivity contribution in [1.82, 2.24) is 20.0 Å². The predicted octanol–water partition coefficient (Wildman–Crippen LogP) is 3.18. The summed E-state index contributed by atoms with van der Waals surface area (Å²) in [7, 11) is 0. The summed E-state index contributed by atoms with van der Waals surface area (Å²) in [6.07, 6.45) is 3.44. The number of likely N-dealkylation sites (tertiary alicyclic amines) is 1. The molecule has 1 aliphatic rings. The maximum Gasteiger partial charge on any atom is 0.231 e. The van der Waals surface area contributed by atoms with Crippen LogP contribution in [-0.4, -0.2) is 39.0 Å². The average Bonchev–Trinajstić information content (AvgIpc) is 3.23. The Kier molecular flexibility index (Phi) is 5.28. The van der Waals surface area contributed by atoms with Crippen molar-refractivity contribution in [1.29, 1.82) is 0 Å². The fourth-order valence-corrected chi connectivity index (χ4v) is 3.63. The summed E-state index contributed by atoms with van der Waals surface area (Å²) in [5.74, 6) is 1.78. The molecule has 1 fully saturated rings. The van der Waals surface area contributed by atoms with E-state index in [9.17, 15) is 4.79 Å². The monoisotopic (exact) mass is 348 g/mol. The first-order valence-electron chi connectivity index (χ1n) is 8.59. The number of aryl methyl sites for hydroxylation is 1. The number of aromatic nitrogens is 3. The highest BCUT2D eigenvalue weighted by atomic mass is 32.1. The van der Waals surface area contributed by atoms with Crippen LogP contribution in [-0.2, 0) is 11.2 Å². The van der Waals surface area contributed by atoms with Gasteiger partial charge in [0.25, 0.3) is 0 Å². The van der Waals surface area contributed by atoms with Crippen LogP contribution in [0.4, 0.5) is 0 Å². The minimum atomic E-state index is 0.0786. The largest absolute Gasteiger partial charge is 0.342 e. The van der Waals surface area contributed by atoms with Gasteiger partial charge in [-0.3, -0.25) is 4.79 Å². The molecule has 0 unspecified atom stereocenters. The molecule has 2 aromatic rings. The van der Waals surface area contributed by atoms with Crippen LogP contribution in [0, 0.1) is 12.8 Å². The Balaban J connectivity index is 1.65. The molecule has 3 heterocycles. The van der Waals surface area contributed by atoms with Gasteiger partial charge in [0.05, 0.1) is 23.0 Å². The summed E-state index contributed by atoms with van der Waals surface area (Å²) in [5.41, 5.74) is 0.974. The zero-order valence-corrected chi connectivity index (χ0v) is 15.3. The first-order valence-corrected chi connectivity index (χ1v) is 9.47. The van der Waals surface area contributed by atoms with E-state index in [1.165, 1.54) is 0 Å². The molecule has 24 heavy (non-hydrogen) atoms. The molecule has 3 rings (SSSR count). The first-order chi connectivity index (χ1) is 11.6. The molecule has 0 radical (unpaired) electrons. The minimum Gasteiger partial charge on any atom is -0.342 e. The molecule has 0 spiro atoms. The van der Waals surface area contributed by atoms with Crippen LogP contribution in [0.3, 0.4) is 0 Å². The highest BCUT2D eigenvalue weighted by molar-refractivity contribution is 7.09. The molecule has 0 saturated carbocycles. The molecular formula is C17H24N4O2S. The molecule has 0 bridgehead atoms. The highest BCUT2D eigenvalue weighted by Gasteiger charge is 2.30. The molecular weight excluding hydrogens is 324 g/mol. The zero-order valence-electron chi connectivity index (χ0n) is 14.5. The summed E-state index contributed by atoms with van der Waals surface area (Å²) in [5, 5.41) is 7.16. The van der Waals surface area contributed by atoms with Gasteiger partial charge in [0.2, 0.25) is 11.8 Å². The lowest BCUT2D eigenvalue weighted by Crippen LogP contribution is -2.41. The van der Waals surface area contributed by atoms with Crippen LogP contribution in [0.1, 0.15) is 61.4 Å². The van der Waals surface area contributed by atoms with E-state index in [-0.39, 0.29) is 17.7 Å². The molecule has 0 aromatic carbocycles. The Hall–Kier alpha value is -1.76. The van der Waals surface area contributed by atoms with E-state index in [4.69, 9.17) is 4.52 Å². The van der Waals surface area contributed by atoms with Gasteiger partial charge in [0.15, 0.2) is 5.82 Å². The van der Waals surface area contributed by atoms with Crippen LogP contribution < -0.4 is 0 Å². The van der Waals surface area contributed by atoms with Crippen molar-refractivity contribution in [2.45, 2.75) is 52.4 Å². The molecule has 130 valence electrons. The smallest absolute Gasteiger partial charge is 0.231 e. The normalized spacial score (nSPS) is 19.5. The van der Waals surface area contributed by atoms with Gasteiger partial charge in [-0.1, -0.05) is 19.0 Å². The van der Waals surface area contributed by atoms with Crippen LogP contribution in [0.5, 0.6) is 0 Å². The topological polar surface area (TPSA) is 72.1 Å². The number of amides is 1. The molecule has 6 nitrogen and oxygen atoms in total. The SMILES string of the molecule is CC[C@@H](C)C(=O)N1CCC[C@H](c2nc(Cc3csc(C)n3)no2)C1. The third kappa shape index (κ3) is 3.83. The Morgan fingerprint density at radius 2 is 2.33 bits per heavy atom.